The molecule has 2 N–H and O–H groups in total. The van der Waals surface area contributed by atoms with Gasteiger partial charge in [-0.05, 0) is 49.3 Å². The van der Waals surface area contributed by atoms with Gasteiger partial charge in [0.1, 0.15) is 5.75 Å². The molecule has 1 aromatic carbocycles. The second kappa shape index (κ2) is 12.8. The van der Waals surface area contributed by atoms with Gasteiger partial charge in [0.15, 0.2) is 5.11 Å². The molecule has 0 aliphatic heterocycles. The van der Waals surface area contributed by atoms with E-state index in [0.717, 1.165) is 37.3 Å². The van der Waals surface area contributed by atoms with E-state index in [1.807, 2.05) is 24.3 Å². The number of hydrogen-bond acceptors (Lipinski definition) is 3. The molecule has 0 aromatic heterocycles. The molecule has 134 valence electrons. The standard InChI is InChI=1S/C19H30N2O2S/c1-3-5-7-8-9-15-23-17-13-11-16(12-14-17)20-19(24)21-18(22)10-6-4-2/h11-14H,3-10,15H2,1-2H3,(H2,20,21,22,24). The fourth-order valence-corrected chi connectivity index (χ4v) is 2.45. The molecular weight excluding hydrogens is 320 g/mol. The summed E-state index contributed by atoms with van der Waals surface area (Å²) in [5, 5.41) is 6.03. The predicted molar refractivity (Wildman–Crippen MR) is 105 cm³/mol. The average molecular weight is 351 g/mol. The third-order valence-electron chi connectivity index (χ3n) is 3.64. The summed E-state index contributed by atoms with van der Waals surface area (Å²) in [7, 11) is 0. The molecule has 1 rings (SSSR count). The van der Waals surface area contributed by atoms with Crippen LogP contribution in [0.3, 0.4) is 0 Å². The number of benzene rings is 1. The molecule has 1 aromatic rings. The van der Waals surface area contributed by atoms with Crippen molar-refractivity contribution in [1.82, 2.24) is 5.32 Å². The maximum Gasteiger partial charge on any atom is 0.226 e. The quantitative estimate of drug-likeness (QED) is 0.434. The topological polar surface area (TPSA) is 50.4 Å². The van der Waals surface area contributed by atoms with E-state index in [0.29, 0.717) is 11.5 Å². The molecule has 0 fully saturated rings. The highest BCUT2D eigenvalue weighted by atomic mass is 32.1. The predicted octanol–water partition coefficient (Wildman–Crippen LogP) is 5.04. The number of rotatable bonds is 11. The zero-order valence-corrected chi connectivity index (χ0v) is 15.7. The Morgan fingerprint density at radius 1 is 1.00 bits per heavy atom. The van der Waals surface area contributed by atoms with Crippen molar-refractivity contribution in [2.45, 2.75) is 65.2 Å². The van der Waals surface area contributed by atoms with Crippen LogP contribution in [0.25, 0.3) is 0 Å². The summed E-state index contributed by atoms with van der Waals surface area (Å²) in [6, 6.07) is 7.62. The van der Waals surface area contributed by atoms with E-state index in [1.165, 1.54) is 25.7 Å². The van der Waals surface area contributed by atoms with E-state index in [-0.39, 0.29) is 5.91 Å². The van der Waals surface area contributed by atoms with Gasteiger partial charge in [0.2, 0.25) is 5.91 Å². The molecule has 0 bridgehead atoms. The summed E-state index contributed by atoms with van der Waals surface area (Å²) in [4.78, 5) is 11.6. The molecule has 4 nitrogen and oxygen atoms in total. The highest BCUT2D eigenvalue weighted by molar-refractivity contribution is 7.80. The van der Waals surface area contributed by atoms with Gasteiger partial charge in [0.25, 0.3) is 0 Å². The SMILES string of the molecule is CCCCCCCOc1ccc(NC(=S)NC(=O)CCCC)cc1. The molecule has 0 heterocycles. The van der Waals surface area contributed by atoms with E-state index in [2.05, 4.69) is 24.5 Å². The minimum absolute atomic E-state index is 0.0441. The highest BCUT2D eigenvalue weighted by Gasteiger charge is 2.04. The van der Waals surface area contributed by atoms with Crippen molar-refractivity contribution >= 4 is 28.9 Å². The number of nitrogens with one attached hydrogen (secondary N) is 2. The maximum atomic E-state index is 11.6. The van der Waals surface area contributed by atoms with Crippen molar-refractivity contribution in [2.24, 2.45) is 0 Å². The molecule has 1 amide bonds. The third-order valence-corrected chi connectivity index (χ3v) is 3.84. The first-order chi connectivity index (χ1) is 11.7. The van der Waals surface area contributed by atoms with Crippen molar-refractivity contribution in [2.75, 3.05) is 11.9 Å². The Balaban J connectivity index is 2.26. The Bertz CT molecular complexity index is 489. The number of unbranched alkanes of at least 4 members (excludes halogenated alkanes) is 5. The molecule has 5 heteroatoms. The lowest BCUT2D eigenvalue weighted by atomic mass is 10.2. The summed E-state index contributed by atoms with van der Waals surface area (Å²) in [5.41, 5.74) is 0.839. The molecule has 0 saturated carbocycles. The lowest BCUT2D eigenvalue weighted by Crippen LogP contribution is -2.33. The summed E-state index contributed by atoms with van der Waals surface area (Å²) >= 11 is 5.14. The van der Waals surface area contributed by atoms with Crippen LogP contribution in [0.1, 0.15) is 65.2 Å². The van der Waals surface area contributed by atoms with Crippen molar-refractivity contribution in [3.05, 3.63) is 24.3 Å². The number of amides is 1. The molecule has 0 spiro atoms. The average Bonchev–Trinajstić information content (AvgIpc) is 2.57. The Labute approximate surface area is 151 Å². The van der Waals surface area contributed by atoms with Crippen LogP contribution >= 0.6 is 12.2 Å². The minimum atomic E-state index is -0.0441. The van der Waals surface area contributed by atoms with Crippen molar-refractivity contribution in [3.8, 4) is 5.75 Å². The number of hydrogen-bond donors (Lipinski definition) is 2. The Morgan fingerprint density at radius 3 is 2.33 bits per heavy atom. The van der Waals surface area contributed by atoms with Gasteiger partial charge in [0, 0.05) is 12.1 Å². The minimum Gasteiger partial charge on any atom is -0.494 e. The van der Waals surface area contributed by atoms with Crippen LogP contribution in [-0.2, 0) is 4.79 Å². The molecule has 0 unspecified atom stereocenters. The summed E-state index contributed by atoms with van der Waals surface area (Å²) < 4.78 is 5.72. The fraction of sp³-hybridized carbons (Fsp3) is 0.579. The van der Waals surface area contributed by atoms with Crippen LogP contribution in [0.15, 0.2) is 24.3 Å². The van der Waals surface area contributed by atoms with Gasteiger partial charge in [-0.3, -0.25) is 4.79 Å². The highest BCUT2D eigenvalue weighted by Crippen LogP contribution is 2.16. The van der Waals surface area contributed by atoms with E-state index >= 15 is 0 Å². The van der Waals surface area contributed by atoms with Crippen LogP contribution in [0.5, 0.6) is 5.75 Å². The van der Waals surface area contributed by atoms with Gasteiger partial charge in [-0.25, -0.2) is 0 Å². The van der Waals surface area contributed by atoms with Gasteiger partial charge in [-0.2, -0.15) is 0 Å². The number of carbonyl (C=O) groups is 1. The lowest BCUT2D eigenvalue weighted by molar-refractivity contribution is -0.119. The van der Waals surface area contributed by atoms with Crippen LogP contribution < -0.4 is 15.4 Å². The van der Waals surface area contributed by atoms with Crippen LogP contribution in [0.4, 0.5) is 5.69 Å². The van der Waals surface area contributed by atoms with E-state index in [9.17, 15) is 4.79 Å². The zero-order chi connectivity index (χ0) is 17.6. The number of carbonyl (C=O) groups excluding carboxylic acids is 1. The zero-order valence-electron chi connectivity index (χ0n) is 14.9. The lowest BCUT2D eigenvalue weighted by Gasteiger charge is -2.10. The smallest absolute Gasteiger partial charge is 0.226 e. The van der Waals surface area contributed by atoms with Gasteiger partial charge >= 0.3 is 0 Å². The number of thiocarbonyl (C=S) groups is 1. The van der Waals surface area contributed by atoms with E-state index in [4.69, 9.17) is 17.0 Å². The fourth-order valence-electron chi connectivity index (χ4n) is 2.22. The maximum absolute atomic E-state index is 11.6. The first-order valence-electron chi connectivity index (χ1n) is 8.99. The van der Waals surface area contributed by atoms with E-state index in [1.54, 1.807) is 0 Å². The Hall–Kier alpha value is -1.62. The van der Waals surface area contributed by atoms with Gasteiger partial charge in [0.05, 0.1) is 6.61 Å². The molecule has 24 heavy (non-hydrogen) atoms. The number of anilines is 1. The van der Waals surface area contributed by atoms with Crippen LogP contribution in [-0.4, -0.2) is 17.6 Å². The third kappa shape index (κ3) is 9.50. The molecule has 0 saturated heterocycles. The monoisotopic (exact) mass is 350 g/mol. The van der Waals surface area contributed by atoms with Gasteiger partial charge in [-0.1, -0.05) is 46.0 Å². The molecule has 0 aliphatic rings. The summed E-state index contributed by atoms with van der Waals surface area (Å²) in [5.74, 6) is 0.811. The van der Waals surface area contributed by atoms with Crippen molar-refractivity contribution in [1.29, 1.82) is 0 Å². The Kier molecular flexibility index (Phi) is 10.9. The second-order valence-corrected chi connectivity index (χ2v) is 6.30. The molecule has 0 radical (unpaired) electrons. The second-order valence-electron chi connectivity index (χ2n) is 5.89. The number of ether oxygens (including phenoxy) is 1. The normalized spacial score (nSPS) is 10.2. The first kappa shape index (κ1) is 20.4. The van der Waals surface area contributed by atoms with E-state index < -0.39 is 0 Å². The largest absolute Gasteiger partial charge is 0.494 e. The summed E-state index contributed by atoms with van der Waals surface area (Å²) in [6.45, 7) is 5.02. The van der Waals surface area contributed by atoms with Crippen molar-refractivity contribution in [3.63, 3.8) is 0 Å². The van der Waals surface area contributed by atoms with Crippen LogP contribution in [0.2, 0.25) is 0 Å². The van der Waals surface area contributed by atoms with Gasteiger partial charge in [-0.15, -0.1) is 0 Å². The van der Waals surface area contributed by atoms with Crippen molar-refractivity contribution < 1.29 is 9.53 Å². The Morgan fingerprint density at radius 2 is 1.67 bits per heavy atom. The first-order valence-corrected chi connectivity index (χ1v) is 9.40. The molecule has 0 aliphatic carbocycles. The molecular formula is C19H30N2O2S. The van der Waals surface area contributed by atoms with Gasteiger partial charge < -0.3 is 15.4 Å². The van der Waals surface area contributed by atoms with Crippen LogP contribution in [0, 0.1) is 0 Å². The summed E-state index contributed by atoms with van der Waals surface area (Å²) in [6.07, 6.45) is 8.53. The molecule has 0 atom stereocenters.